The van der Waals surface area contributed by atoms with E-state index in [1.807, 2.05) is 17.8 Å². The summed E-state index contributed by atoms with van der Waals surface area (Å²) in [5, 5.41) is 11.7. The van der Waals surface area contributed by atoms with Gasteiger partial charge in [-0.3, -0.25) is 0 Å². The molecular weight excluding hydrogens is 194 g/mol. The monoisotopic (exact) mass is 211 g/mol. The van der Waals surface area contributed by atoms with Crippen molar-refractivity contribution in [2.75, 3.05) is 25.4 Å². The van der Waals surface area contributed by atoms with Crippen LogP contribution in [0.25, 0.3) is 0 Å². The lowest BCUT2D eigenvalue weighted by molar-refractivity contribution is 0.292. The second-order valence-electron chi connectivity index (χ2n) is 2.99. The fourth-order valence-electron chi connectivity index (χ4n) is 1.11. The topological polar surface area (TPSA) is 32.3 Å². The van der Waals surface area contributed by atoms with Crippen LogP contribution in [0.2, 0.25) is 0 Å². The minimum Gasteiger partial charge on any atom is -0.395 e. The zero-order valence-corrected chi connectivity index (χ0v) is 9.09. The van der Waals surface area contributed by atoms with Crippen LogP contribution in [0.1, 0.15) is 6.42 Å². The Balaban J connectivity index is 1.99. The Hall–Kier alpha value is -0.510. The predicted molar refractivity (Wildman–Crippen MR) is 61.7 cm³/mol. The van der Waals surface area contributed by atoms with Crippen molar-refractivity contribution in [3.8, 4) is 0 Å². The number of thioether (sulfide) groups is 1. The molecule has 0 saturated heterocycles. The SMILES string of the molecule is OCCNCCCSc1ccccc1. The number of aliphatic hydroxyl groups is 1. The van der Waals surface area contributed by atoms with Gasteiger partial charge in [0, 0.05) is 11.4 Å². The molecule has 0 heterocycles. The highest BCUT2D eigenvalue weighted by molar-refractivity contribution is 7.99. The van der Waals surface area contributed by atoms with Crippen LogP contribution in [0.3, 0.4) is 0 Å². The molecule has 14 heavy (non-hydrogen) atoms. The number of benzene rings is 1. The van der Waals surface area contributed by atoms with Crippen LogP contribution in [0.15, 0.2) is 35.2 Å². The van der Waals surface area contributed by atoms with Crippen LogP contribution in [-0.2, 0) is 0 Å². The Morgan fingerprint density at radius 1 is 1.14 bits per heavy atom. The van der Waals surface area contributed by atoms with Crippen molar-refractivity contribution in [2.24, 2.45) is 0 Å². The highest BCUT2D eigenvalue weighted by atomic mass is 32.2. The van der Waals surface area contributed by atoms with Gasteiger partial charge in [-0.15, -0.1) is 11.8 Å². The van der Waals surface area contributed by atoms with Crippen LogP contribution in [0.5, 0.6) is 0 Å². The van der Waals surface area contributed by atoms with Gasteiger partial charge in [0.05, 0.1) is 6.61 Å². The number of hydrogen-bond acceptors (Lipinski definition) is 3. The maximum Gasteiger partial charge on any atom is 0.0555 e. The number of aliphatic hydroxyl groups excluding tert-OH is 1. The van der Waals surface area contributed by atoms with Gasteiger partial charge in [0.25, 0.3) is 0 Å². The van der Waals surface area contributed by atoms with Crippen molar-refractivity contribution in [1.82, 2.24) is 5.32 Å². The van der Waals surface area contributed by atoms with E-state index in [4.69, 9.17) is 5.11 Å². The van der Waals surface area contributed by atoms with E-state index in [9.17, 15) is 0 Å². The van der Waals surface area contributed by atoms with Gasteiger partial charge in [-0.1, -0.05) is 18.2 Å². The molecule has 0 fully saturated rings. The summed E-state index contributed by atoms with van der Waals surface area (Å²) in [7, 11) is 0. The molecule has 2 nitrogen and oxygen atoms in total. The lowest BCUT2D eigenvalue weighted by Crippen LogP contribution is -2.19. The smallest absolute Gasteiger partial charge is 0.0555 e. The summed E-state index contributed by atoms with van der Waals surface area (Å²) < 4.78 is 0. The van der Waals surface area contributed by atoms with Crippen molar-refractivity contribution in [1.29, 1.82) is 0 Å². The first-order valence-electron chi connectivity index (χ1n) is 4.93. The summed E-state index contributed by atoms with van der Waals surface area (Å²) in [6.45, 7) is 1.92. The van der Waals surface area contributed by atoms with E-state index in [1.165, 1.54) is 4.90 Å². The number of hydrogen-bond donors (Lipinski definition) is 2. The molecule has 0 aromatic heterocycles. The molecule has 1 rings (SSSR count). The molecule has 0 atom stereocenters. The molecule has 0 unspecified atom stereocenters. The van der Waals surface area contributed by atoms with E-state index >= 15 is 0 Å². The summed E-state index contributed by atoms with van der Waals surface area (Å²) in [6, 6.07) is 10.4. The first kappa shape index (κ1) is 11.6. The third-order valence-electron chi connectivity index (χ3n) is 1.80. The third kappa shape index (κ3) is 5.27. The molecule has 1 aromatic rings. The lowest BCUT2D eigenvalue weighted by Gasteiger charge is -2.02. The highest BCUT2D eigenvalue weighted by Gasteiger charge is 1.92. The van der Waals surface area contributed by atoms with Gasteiger partial charge in [-0.25, -0.2) is 0 Å². The van der Waals surface area contributed by atoms with E-state index in [-0.39, 0.29) is 6.61 Å². The van der Waals surface area contributed by atoms with Gasteiger partial charge in [0.1, 0.15) is 0 Å². The normalized spacial score (nSPS) is 10.4. The highest BCUT2D eigenvalue weighted by Crippen LogP contribution is 2.17. The van der Waals surface area contributed by atoms with Crippen molar-refractivity contribution >= 4 is 11.8 Å². The zero-order chi connectivity index (χ0) is 10.1. The molecule has 0 spiro atoms. The first-order chi connectivity index (χ1) is 6.93. The van der Waals surface area contributed by atoms with Gasteiger partial charge < -0.3 is 10.4 Å². The van der Waals surface area contributed by atoms with Crippen molar-refractivity contribution in [3.05, 3.63) is 30.3 Å². The van der Waals surface area contributed by atoms with Crippen LogP contribution >= 0.6 is 11.8 Å². The molecule has 0 aliphatic rings. The van der Waals surface area contributed by atoms with Gasteiger partial charge in [-0.2, -0.15) is 0 Å². The van der Waals surface area contributed by atoms with E-state index in [0.29, 0.717) is 6.54 Å². The summed E-state index contributed by atoms with van der Waals surface area (Å²) in [5.41, 5.74) is 0. The fourth-order valence-corrected chi connectivity index (χ4v) is 1.98. The molecule has 0 radical (unpaired) electrons. The van der Waals surface area contributed by atoms with Crippen LogP contribution in [-0.4, -0.2) is 30.6 Å². The minimum atomic E-state index is 0.228. The summed E-state index contributed by atoms with van der Waals surface area (Å²) in [4.78, 5) is 1.33. The maximum atomic E-state index is 8.53. The molecule has 0 saturated carbocycles. The summed E-state index contributed by atoms with van der Waals surface area (Å²) in [6.07, 6.45) is 1.14. The summed E-state index contributed by atoms with van der Waals surface area (Å²) in [5.74, 6) is 1.13. The van der Waals surface area contributed by atoms with Crippen LogP contribution in [0.4, 0.5) is 0 Å². The van der Waals surface area contributed by atoms with E-state index in [2.05, 4.69) is 29.6 Å². The predicted octanol–water partition coefficient (Wildman–Crippen LogP) is 1.75. The first-order valence-corrected chi connectivity index (χ1v) is 5.91. The Morgan fingerprint density at radius 2 is 1.93 bits per heavy atom. The molecule has 1 aromatic carbocycles. The number of nitrogens with one attached hydrogen (secondary N) is 1. The maximum absolute atomic E-state index is 8.53. The van der Waals surface area contributed by atoms with Crippen LogP contribution < -0.4 is 5.32 Å². The largest absolute Gasteiger partial charge is 0.395 e. The van der Waals surface area contributed by atoms with Crippen molar-refractivity contribution < 1.29 is 5.11 Å². The van der Waals surface area contributed by atoms with E-state index in [0.717, 1.165) is 18.7 Å². The van der Waals surface area contributed by atoms with Crippen molar-refractivity contribution in [2.45, 2.75) is 11.3 Å². The molecular formula is C11H17NOS. The number of rotatable bonds is 7. The molecule has 0 aliphatic heterocycles. The van der Waals surface area contributed by atoms with Gasteiger partial charge in [-0.05, 0) is 30.9 Å². The summed E-state index contributed by atoms with van der Waals surface area (Å²) >= 11 is 1.88. The van der Waals surface area contributed by atoms with E-state index < -0.39 is 0 Å². The third-order valence-corrected chi connectivity index (χ3v) is 2.90. The average Bonchev–Trinajstić information content (AvgIpc) is 2.25. The Labute approximate surface area is 89.7 Å². The van der Waals surface area contributed by atoms with Crippen LogP contribution in [0, 0.1) is 0 Å². The Morgan fingerprint density at radius 3 is 2.64 bits per heavy atom. The Kier molecular flexibility index (Phi) is 6.49. The van der Waals surface area contributed by atoms with Gasteiger partial charge in [0.2, 0.25) is 0 Å². The molecule has 78 valence electrons. The second kappa shape index (κ2) is 7.85. The lowest BCUT2D eigenvalue weighted by atomic mass is 10.4. The quantitative estimate of drug-likeness (QED) is 0.532. The average molecular weight is 211 g/mol. The fraction of sp³-hybridized carbons (Fsp3) is 0.455. The molecule has 2 N–H and O–H groups in total. The van der Waals surface area contributed by atoms with Gasteiger partial charge >= 0.3 is 0 Å². The van der Waals surface area contributed by atoms with Gasteiger partial charge in [0.15, 0.2) is 0 Å². The molecule has 3 heteroatoms. The minimum absolute atomic E-state index is 0.228. The molecule has 0 bridgehead atoms. The van der Waals surface area contributed by atoms with E-state index in [1.54, 1.807) is 0 Å². The molecule has 0 amide bonds. The molecule has 0 aliphatic carbocycles. The second-order valence-corrected chi connectivity index (χ2v) is 4.16. The van der Waals surface area contributed by atoms with Crippen molar-refractivity contribution in [3.63, 3.8) is 0 Å². The standard InChI is InChI=1S/C11H17NOS/c13-9-8-12-7-4-10-14-11-5-2-1-3-6-11/h1-3,5-6,12-13H,4,7-10H2. The zero-order valence-electron chi connectivity index (χ0n) is 8.28. The Bertz CT molecular complexity index is 228.